The number of nitrogens with one attached hydrogen (secondary N) is 1. The van der Waals surface area contributed by atoms with Gasteiger partial charge in [-0.3, -0.25) is 9.78 Å². The van der Waals surface area contributed by atoms with Crippen LogP contribution in [0.25, 0.3) is 0 Å². The zero-order valence-electron chi connectivity index (χ0n) is 15.8. The minimum Gasteiger partial charge on any atom is -0.340 e. The number of nitrogens with zero attached hydrogens (tertiary/aromatic N) is 3. The van der Waals surface area contributed by atoms with Crippen LogP contribution in [0.3, 0.4) is 0 Å². The molecule has 6 nitrogen and oxygen atoms in total. The van der Waals surface area contributed by atoms with Crippen LogP contribution in [0.5, 0.6) is 0 Å². The maximum atomic E-state index is 13.3. The van der Waals surface area contributed by atoms with Crippen molar-refractivity contribution in [2.75, 3.05) is 25.5 Å². The molecule has 1 aliphatic carbocycles. The molecular weight excluding hydrogens is 359 g/mol. The van der Waals surface area contributed by atoms with Gasteiger partial charge in [0.1, 0.15) is 5.82 Å². The topological polar surface area (TPSA) is 65.5 Å². The lowest BCUT2D eigenvalue weighted by Gasteiger charge is -2.20. The number of halogens is 1. The van der Waals surface area contributed by atoms with Crippen LogP contribution in [-0.4, -0.2) is 46.9 Å². The fourth-order valence-electron chi connectivity index (χ4n) is 4.06. The molecule has 28 heavy (non-hydrogen) atoms. The SMILES string of the molecule is CN(Cc1ccccn1)C(=O)[C@H]1C[C@@]12CCN(C(=O)Nc1cccc(F)c1)C2. The van der Waals surface area contributed by atoms with Crippen LogP contribution in [0.4, 0.5) is 14.9 Å². The molecule has 1 aromatic heterocycles. The predicted octanol–water partition coefficient (Wildman–Crippen LogP) is 3.12. The van der Waals surface area contributed by atoms with E-state index in [1.807, 2.05) is 18.2 Å². The molecule has 2 atom stereocenters. The van der Waals surface area contributed by atoms with Crippen molar-refractivity contribution in [1.29, 1.82) is 0 Å². The minimum absolute atomic E-state index is 0.0480. The average Bonchev–Trinajstić information content (AvgIpc) is 3.20. The van der Waals surface area contributed by atoms with Crippen LogP contribution < -0.4 is 5.32 Å². The van der Waals surface area contributed by atoms with Gasteiger partial charge in [-0.05, 0) is 43.2 Å². The van der Waals surface area contributed by atoms with Gasteiger partial charge in [-0.15, -0.1) is 0 Å². The van der Waals surface area contributed by atoms with E-state index in [1.54, 1.807) is 35.2 Å². The van der Waals surface area contributed by atoms with Crippen molar-refractivity contribution in [3.8, 4) is 0 Å². The van der Waals surface area contributed by atoms with Crippen LogP contribution in [0.15, 0.2) is 48.7 Å². The van der Waals surface area contributed by atoms with Crippen molar-refractivity contribution in [2.45, 2.75) is 19.4 Å². The minimum atomic E-state index is -0.389. The first kappa shape index (κ1) is 18.4. The molecule has 2 fully saturated rings. The number of amides is 3. The first-order valence-electron chi connectivity index (χ1n) is 9.43. The largest absolute Gasteiger partial charge is 0.340 e. The van der Waals surface area contributed by atoms with Gasteiger partial charge < -0.3 is 15.1 Å². The molecule has 1 saturated heterocycles. The summed E-state index contributed by atoms with van der Waals surface area (Å²) in [5.41, 5.74) is 1.18. The maximum Gasteiger partial charge on any atom is 0.321 e. The Labute approximate surface area is 163 Å². The molecule has 0 unspecified atom stereocenters. The summed E-state index contributed by atoms with van der Waals surface area (Å²) in [6.07, 6.45) is 3.35. The number of benzene rings is 1. The highest BCUT2D eigenvalue weighted by molar-refractivity contribution is 5.90. The van der Waals surface area contributed by atoms with Crippen molar-refractivity contribution >= 4 is 17.6 Å². The Morgan fingerprint density at radius 3 is 2.93 bits per heavy atom. The fourth-order valence-corrected chi connectivity index (χ4v) is 4.06. The van der Waals surface area contributed by atoms with E-state index in [4.69, 9.17) is 0 Å². The van der Waals surface area contributed by atoms with E-state index >= 15 is 0 Å². The van der Waals surface area contributed by atoms with Crippen molar-refractivity contribution in [3.05, 3.63) is 60.2 Å². The molecule has 4 rings (SSSR count). The number of hydrogen-bond acceptors (Lipinski definition) is 3. The molecule has 0 radical (unpaired) electrons. The number of rotatable bonds is 4. The standard InChI is InChI=1S/C21H23FN4O2/c1-25(13-17-6-2-3-9-23-17)19(27)18-12-21(18)8-10-26(14-21)20(28)24-16-7-4-5-15(22)11-16/h2-7,9,11,18H,8,10,12-14H2,1H3,(H,24,28)/t18-,21-/m1/s1. The smallest absolute Gasteiger partial charge is 0.321 e. The summed E-state index contributed by atoms with van der Waals surface area (Å²) in [6.45, 7) is 1.65. The molecule has 3 amide bonds. The summed E-state index contributed by atoms with van der Waals surface area (Å²) in [7, 11) is 1.80. The van der Waals surface area contributed by atoms with Gasteiger partial charge in [0.05, 0.1) is 12.2 Å². The number of likely N-dealkylation sites (tertiary alicyclic amines) is 1. The summed E-state index contributed by atoms with van der Waals surface area (Å²) in [4.78, 5) is 33.0. The van der Waals surface area contributed by atoms with E-state index in [1.165, 1.54) is 12.1 Å². The van der Waals surface area contributed by atoms with Crippen molar-refractivity contribution in [3.63, 3.8) is 0 Å². The van der Waals surface area contributed by atoms with Gasteiger partial charge in [-0.2, -0.15) is 0 Å². The maximum absolute atomic E-state index is 13.3. The molecule has 7 heteroatoms. The normalized spacial score (nSPS) is 22.9. The van der Waals surface area contributed by atoms with E-state index in [0.29, 0.717) is 25.3 Å². The molecular formula is C21H23FN4O2. The Bertz CT molecular complexity index is 891. The Kier molecular flexibility index (Phi) is 4.75. The molecule has 1 saturated carbocycles. The molecule has 1 spiro atoms. The number of hydrogen-bond donors (Lipinski definition) is 1. The third-order valence-electron chi connectivity index (χ3n) is 5.74. The van der Waals surface area contributed by atoms with Crippen LogP contribution in [0.1, 0.15) is 18.5 Å². The summed E-state index contributed by atoms with van der Waals surface area (Å²) in [6, 6.07) is 11.3. The first-order chi connectivity index (χ1) is 13.5. The second-order valence-electron chi connectivity index (χ2n) is 7.75. The first-order valence-corrected chi connectivity index (χ1v) is 9.43. The van der Waals surface area contributed by atoms with Crippen LogP contribution in [0.2, 0.25) is 0 Å². The van der Waals surface area contributed by atoms with Crippen LogP contribution in [-0.2, 0) is 11.3 Å². The monoisotopic (exact) mass is 382 g/mol. The number of carbonyl (C=O) groups is 2. The van der Waals surface area contributed by atoms with Crippen molar-refractivity contribution in [2.24, 2.45) is 11.3 Å². The van der Waals surface area contributed by atoms with Gasteiger partial charge in [-0.25, -0.2) is 9.18 Å². The summed E-state index contributed by atoms with van der Waals surface area (Å²) >= 11 is 0. The number of anilines is 1. The third-order valence-corrected chi connectivity index (χ3v) is 5.74. The summed E-state index contributed by atoms with van der Waals surface area (Å²) in [5, 5.41) is 2.73. The second kappa shape index (κ2) is 7.22. The molecule has 0 bridgehead atoms. The molecule has 2 aromatic rings. The Hall–Kier alpha value is -2.96. The number of urea groups is 1. The van der Waals surface area contributed by atoms with Gasteiger partial charge in [0.2, 0.25) is 5.91 Å². The highest BCUT2D eigenvalue weighted by atomic mass is 19.1. The van der Waals surface area contributed by atoms with E-state index in [0.717, 1.165) is 18.5 Å². The van der Waals surface area contributed by atoms with E-state index in [9.17, 15) is 14.0 Å². The molecule has 1 aromatic carbocycles. The Morgan fingerprint density at radius 2 is 2.18 bits per heavy atom. The second-order valence-corrected chi connectivity index (χ2v) is 7.75. The zero-order chi connectivity index (χ0) is 19.7. The van der Waals surface area contributed by atoms with E-state index in [-0.39, 0.29) is 29.1 Å². The van der Waals surface area contributed by atoms with Crippen LogP contribution >= 0.6 is 0 Å². The predicted molar refractivity (Wildman–Crippen MR) is 103 cm³/mol. The van der Waals surface area contributed by atoms with E-state index < -0.39 is 0 Å². The Balaban J connectivity index is 1.33. The van der Waals surface area contributed by atoms with Crippen LogP contribution in [0, 0.1) is 17.2 Å². The zero-order valence-corrected chi connectivity index (χ0v) is 15.8. The highest BCUT2D eigenvalue weighted by Gasteiger charge is 2.61. The highest BCUT2D eigenvalue weighted by Crippen LogP contribution is 2.59. The quantitative estimate of drug-likeness (QED) is 0.884. The van der Waals surface area contributed by atoms with Gasteiger partial charge >= 0.3 is 6.03 Å². The van der Waals surface area contributed by atoms with Crippen molar-refractivity contribution in [1.82, 2.24) is 14.8 Å². The number of carbonyl (C=O) groups excluding carboxylic acids is 2. The number of aromatic nitrogens is 1. The van der Waals surface area contributed by atoms with Gasteiger partial charge in [0, 0.05) is 43.4 Å². The molecule has 146 valence electrons. The molecule has 2 heterocycles. The summed E-state index contributed by atoms with van der Waals surface area (Å²) in [5.74, 6) is -0.328. The lowest BCUT2D eigenvalue weighted by molar-refractivity contribution is -0.132. The third kappa shape index (κ3) is 3.69. The number of pyridine rings is 1. The van der Waals surface area contributed by atoms with Gasteiger partial charge in [-0.1, -0.05) is 12.1 Å². The fraction of sp³-hybridized carbons (Fsp3) is 0.381. The lowest BCUT2D eigenvalue weighted by atomic mass is 10.0. The van der Waals surface area contributed by atoms with E-state index in [2.05, 4.69) is 10.3 Å². The van der Waals surface area contributed by atoms with Gasteiger partial charge in [0.15, 0.2) is 0 Å². The molecule has 1 N–H and O–H groups in total. The summed E-state index contributed by atoms with van der Waals surface area (Å²) < 4.78 is 13.3. The lowest BCUT2D eigenvalue weighted by Crippen LogP contribution is -2.34. The van der Waals surface area contributed by atoms with Crippen molar-refractivity contribution < 1.29 is 14.0 Å². The van der Waals surface area contributed by atoms with Gasteiger partial charge in [0.25, 0.3) is 0 Å². The molecule has 1 aliphatic heterocycles. The molecule has 2 aliphatic rings. The Morgan fingerprint density at radius 1 is 1.32 bits per heavy atom. The average molecular weight is 382 g/mol.